The van der Waals surface area contributed by atoms with Crippen LogP contribution in [0.25, 0.3) is 0 Å². The Bertz CT molecular complexity index is 1230. The van der Waals surface area contributed by atoms with Crippen molar-refractivity contribution in [1.29, 1.82) is 0 Å². The maximum atomic E-state index is 14.3. The van der Waals surface area contributed by atoms with Gasteiger partial charge in [-0.1, -0.05) is 29.8 Å². The number of aryl methyl sites for hydroxylation is 1. The van der Waals surface area contributed by atoms with E-state index in [0.717, 1.165) is 61.3 Å². The zero-order valence-corrected chi connectivity index (χ0v) is 23.5. The Morgan fingerprint density at radius 1 is 0.923 bits per heavy atom. The van der Waals surface area contributed by atoms with Gasteiger partial charge in [0.15, 0.2) is 0 Å². The van der Waals surface area contributed by atoms with Crippen molar-refractivity contribution >= 4 is 29.3 Å². The summed E-state index contributed by atoms with van der Waals surface area (Å²) in [5.74, 6) is 0.101. The van der Waals surface area contributed by atoms with Crippen molar-refractivity contribution in [2.45, 2.75) is 65.0 Å². The highest BCUT2D eigenvalue weighted by molar-refractivity contribution is 6.02. The predicted octanol–water partition coefficient (Wildman–Crippen LogP) is 5.38. The number of piperazine rings is 1. The van der Waals surface area contributed by atoms with Gasteiger partial charge in [-0.05, 0) is 77.1 Å². The molecule has 1 atom stereocenters. The smallest absolute Gasteiger partial charge is 0.410 e. The molecule has 2 saturated heterocycles. The van der Waals surface area contributed by atoms with Gasteiger partial charge in [0.1, 0.15) is 5.60 Å². The third-order valence-corrected chi connectivity index (χ3v) is 7.65. The number of ether oxygens (including phenoxy) is 1. The summed E-state index contributed by atoms with van der Waals surface area (Å²) in [4.78, 5) is 45.5. The standard InChI is InChI=1S/C31H40N4O4/c1-21-7-9-22(10-8-21)27-20-34(30(38)39-31(2,3)4)17-18-35(27)29(37)25-14-13-24(32-28(36)23-11-12-23)19-26(25)33-15-5-6-16-33/h7-10,13-14,19,23,27H,5-6,11-12,15-18,20H2,1-4H3,(H,32,36). The lowest BCUT2D eigenvalue weighted by Crippen LogP contribution is -2.53. The highest BCUT2D eigenvalue weighted by Crippen LogP contribution is 2.35. The summed E-state index contributed by atoms with van der Waals surface area (Å²) < 4.78 is 5.66. The number of carbonyl (C=O) groups excluding carboxylic acids is 3. The molecule has 2 aromatic carbocycles. The summed E-state index contributed by atoms with van der Waals surface area (Å²) in [6, 6.07) is 13.5. The highest BCUT2D eigenvalue weighted by atomic mass is 16.6. The van der Waals surface area contributed by atoms with Crippen LogP contribution in [0.2, 0.25) is 0 Å². The van der Waals surface area contributed by atoms with E-state index in [-0.39, 0.29) is 29.9 Å². The Morgan fingerprint density at radius 3 is 2.26 bits per heavy atom. The lowest BCUT2D eigenvalue weighted by atomic mass is 9.99. The zero-order valence-electron chi connectivity index (χ0n) is 23.5. The number of carbonyl (C=O) groups is 3. The minimum Gasteiger partial charge on any atom is -0.444 e. The second-order valence-corrected chi connectivity index (χ2v) is 12.0. The summed E-state index contributed by atoms with van der Waals surface area (Å²) in [6.07, 6.45) is 3.67. The molecular formula is C31H40N4O4. The van der Waals surface area contributed by atoms with Crippen LogP contribution in [-0.2, 0) is 9.53 Å². The van der Waals surface area contributed by atoms with Crippen LogP contribution in [-0.4, -0.2) is 66.0 Å². The summed E-state index contributed by atoms with van der Waals surface area (Å²) >= 11 is 0. The minimum absolute atomic E-state index is 0.0548. The first-order valence-electron chi connectivity index (χ1n) is 14.1. The molecule has 1 unspecified atom stereocenters. The Hall–Kier alpha value is -3.55. The number of anilines is 2. The minimum atomic E-state index is -0.593. The molecule has 8 nitrogen and oxygen atoms in total. The van der Waals surface area contributed by atoms with Crippen LogP contribution in [0.3, 0.4) is 0 Å². The Morgan fingerprint density at radius 2 is 1.62 bits per heavy atom. The summed E-state index contributed by atoms with van der Waals surface area (Å²) in [6.45, 7) is 10.5. The second-order valence-electron chi connectivity index (χ2n) is 12.0. The summed E-state index contributed by atoms with van der Waals surface area (Å²) in [5, 5.41) is 3.04. The molecule has 0 radical (unpaired) electrons. The first kappa shape index (κ1) is 27.0. The van der Waals surface area contributed by atoms with Crippen molar-refractivity contribution in [2.24, 2.45) is 5.92 Å². The third-order valence-electron chi connectivity index (χ3n) is 7.65. The van der Waals surface area contributed by atoms with Gasteiger partial charge in [0.05, 0.1) is 17.3 Å². The number of amides is 3. The van der Waals surface area contributed by atoms with Crippen LogP contribution < -0.4 is 10.2 Å². The van der Waals surface area contributed by atoms with E-state index in [2.05, 4.69) is 10.2 Å². The molecule has 1 saturated carbocycles. The monoisotopic (exact) mass is 532 g/mol. The molecule has 2 aliphatic heterocycles. The van der Waals surface area contributed by atoms with Crippen molar-refractivity contribution in [1.82, 2.24) is 9.80 Å². The molecule has 2 aromatic rings. The van der Waals surface area contributed by atoms with E-state index in [9.17, 15) is 14.4 Å². The maximum Gasteiger partial charge on any atom is 0.410 e. The van der Waals surface area contributed by atoms with Gasteiger partial charge in [0.25, 0.3) is 5.91 Å². The fourth-order valence-electron chi connectivity index (χ4n) is 5.35. The highest BCUT2D eigenvalue weighted by Gasteiger charge is 2.37. The molecule has 8 heteroatoms. The van der Waals surface area contributed by atoms with E-state index in [1.165, 1.54) is 0 Å². The Labute approximate surface area is 231 Å². The number of rotatable bonds is 5. The molecule has 2 heterocycles. The van der Waals surface area contributed by atoms with Gasteiger partial charge in [-0.15, -0.1) is 0 Å². The fourth-order valence-corrected chi connectivity index (χ4v) is 5.35. The maximum absolute atomic E-state index is 14.3. The van der Waals surface area contributed by atoms with Crippen molar-refractivity contribution in [2.75, 3.05) is 42.9 Å². The van der Waals surface area contributed by atoms with Gasteiger partial charge < -0.3 is 24.8 Å². The molecule has 0 aromatic heterocycles. The number of nitrogens with zero attached hydrogens (tertiary/aromatic N) is 3. The summed E-state index contributed by atoms with van der Waals surface area (Å²) in [7, 11) is 0. The predicted molar refractivity (Wildman–Crippen MR) is 152 cm³/mol. The molecule has 39 heavy (non-hydrogen) atoms. The molecule has 1 N–H and O–H groups in total. The van der Waals surface area contributed by atoms with Crippen LogP contribution in [0.4, 0.5) is 16.2 Å². The van der Waals surface area contributed by atoms with Gasteiger partial charge >= 0.3 is 6.09 Å². The molecule has 5 rings (SSSR count). The number of nitrogens with one attached hydrogen (secondary N) is 1. The van der Waals surface area contributed by atoms with E-state index in [1.807, 2.05) is 75.1 Å². The largest absolute Gasteiger partial charge is 0.444 e. The molecule has 1 aliphatic carbocycles. The topological polar surface area (TPSA) is 82.2 Å². The van der Waals surface area contributed by atoms with Gasteiger partial charge in [0.2, 0.25) is 5.91 Å². The van der Waals surface area contributed by atoms with Crippen LogP contribution in [0, 0.1) is 12.8 Å². The SMILES string of the molecule is Cc1ccc(C2CN(C(=O)OC(C)(C)C)CCN2C(=O)c2ccc(NC(=O)C3CC3)cc2N2CCCC2)cc1. The van der Waals surface area contributed by atoms with E-state index < -0.39 is 5.60 Å². The first-order chi connectivity index (χ1) is 18.6. The lowest BCUT2D eigenvalue weighted by molar-refractivity contribution is -0.117. The molecule has 3 fully saturated rings. The van der Waals surface area contributed by atoms with Gasteiger partial charge in [-0.2, -0.15) is 0 Å². The second kappa shape index (κ2) is 10.9. The van der Waals surface area contributed by atoms with Crippen molar-refractivity contribution in [3.63, 3.8) is 0 Å². The average molecular weight is 533 g/mol. The number of hydrogen-bond donors (Lipinski definition) is 1. The fraction of sp³-hybridized carbons (Fsp3) is 0.516. The van der Waals surface area contributed by atoms with Crippen LogP contribution >= 0.6 is 0 Å². The van der Waals surface area contributed by atoms with Crippen molar-refractivity contribution in [3.05, 3.63) is 59.2 Å². The molecule has 3 amide bonds. The zero-order chi connectivity index (χ0) is 27.7. The van der Waals surface area contributed by atoms with E-state index in [4.69, 9.17) is 4.74 Å². The lowest BCUT2D eigenvalue weighted by Gasteiger charge is -2.42. The number of benzene rings is 2. The summed E-state index contributed by atoms with van der Waals surface area (Å²) in [5.41, 5.74) is 3.75. The first-order valence-corrected chi connectivity index (χ1v) is 14.1. The number of hydrogen-bond acceptors (Lipinski definition) is 5. The van der Waals surface area contributed by atoms with E-state index in [0.29, 0.717) is 25.2 Å². The van der Waals surface area contributed by atoms with Crippen molar-refractivity contribution < 1.29 is 19.1 Å². The molecule has 3 aliphatic rings. The molecule has 0 bridgehead atoms. The van der Waals surface area contributed by atoms with Crippen LogP contribution in [0.1, 0.15) is 74.0 Å². The Kier molecular flexibility index (Phi) is 7.56. The molecular weight excluding hydrogens is 492 g/mol. The third kappa shape index (κ3) is 6.37. The average Bonchev–Trinajstić information content (AvgIpc) is 3.61. The van der Waals surface area contributed by atoms with Gasteiger partial charge in [0, 0.05) is 44.3 Å². The van der Waals surface area contributed by atoms with E-state index >= 15 is 0 Å². The van der Waals surface area contributed by atoms with Gasteiger partial charge in [-0.25, -0.2) is 4.79 Å². The van der Waals surface area contributed by atoms with Crippen molar-refractivity contribution in [3.8, 4) is 0 Å². The van der Waals surface area contributed by atoms with Crippen LogP contribution in [0.5, 0.6) is 0 Å². The molecule has 0 spiro atoms. The quantitative estimate of drug-likeness (QED) is 0.559. The van der Waals surface area contributed by atoms with Gasteiger partial charge in [-0.3, -0.25) is 9.59 Å². The van der Waals surface area contributed by atoms with Crippen LogP contribution in [0.15, 0.2) is 42.5 Å². The molecule has 208 valence electrons. The van der Waals surface area contributed by atoms with E-state index in [1.54, 1.807) is 4.90 Å². The Balaban J connectivity index is 1.44. The normalized spacial score (nSPS) is 19.7.